The smallest absolute Gasteiger partial charge is 0.239 e. The molecule has 1 aromatic heterocycles. The standard InChI is InChI=1S/C23H24O13/c1-32-12-5-8(3-4-9(12)25)19-22(36-23-18(31)17(30)15(28)13(7-24)34-23)16(29)14-10(26)6-11(27)20(33-2)21(14)35-19/h3-6,13,15,17-18,23-28,30-31H,7H2,1-2H3/t13-,15-,17-,18-,23-/m0/s1. The highest BCUT2D eigenvalue weighted by Gasteiger charge is 2.45. The number of hydrogen-bond donors (Lipinski definition) is 7. The van der Waals surface area contributed by atoms with Gasteiger partial charge < -0.3 is 59.1 Å². The number of aliphatic hydroxyl groups excluding tert-OH is 4. The van der Waals surface area contributed by atoms with E-state index in [9.17, 15) is 40.5 Å². The predicted molar refractivity (Wildman–Crippen MR) is 120 cm³/mol. The lowest BCUT2D eigenvalue weighted by Crippen LogP contribution is -2.60. The van der Waals surface area contributed by atoms with Crippen LogP contribution in [0.2, 0.25) is 0 Å². The summed E-state index contributed by atoms with van der Waals surface area (Å²) in [5.74, 6) is -2.62. The molecule has 1 fully saturated rings. The van der Waals surface area contributed by atoms with Gasteiger partial charge in [0.25, 0.3) is 0 Å². The van der Waals surface area contributed by atoms with Crippen LogP contribution in [0.25, 0.3) is 22.3 Å². The zero-order valence-electron chi connectivity index (χ0n) is 19.0. The van der Waals surface area contributed by atoms with Crippen LogP contribution in [0.3, 0.4) is 0 Å². The molecule has 0 radical (unpaired) electrons. The van der Waals surface area contributed by atoms with Gasteiger partial charge in [0.05, 0.1) is 20.8 Å². The second kappa shape index (κ2) is 9.72. The lowest BCUT2D eigenvalue weighted by atomic mass is 9.99. The van der Waals surface area contributed by atoms with Gasteiger partial charge in [-0.15, -0.1) is 0 Å². The van der Waals surface area contributed by atoms with Gasteiger partial charge in [-0.1, -0.05) is 0 Å². The molecule has 1 aliphatic heterocycles. The van der Waals surface area contributed by atoms with Crippen LogP contribution in [0, 0.1) is 0 Å². The number of fused-ring (bicyclic) bond motifs is 1. The van der Waals surface area contributed by atoms with Crippen LogP contribution in [0.1, 0.15) is 0 Å². The first-order valence-corrected chi connectivity index (χ1v) is 10.6. The van der Waals surface area contributed by atoms with Crippen molar-refractivity contribution in [2.45, 2.75) is 30.7 Å². The Labute approximate surface area is 202 Å². The highest BCUT2D eigenvalue weighted by molar-refractivity contribution is 5.93. The van der Waals surface area contributed by atoms with Crippen LogP contribution in [-0.2, 0) is 4.74 Å². The van der Waals surface area contributed by atoms with Crippen molar-refractivity contribution in [2.75, 3.05) is 20.8 Å². The molecule has 0 amide bonds. The average Bonchev–Trinajstić information content (AvgIpc) is 2.85. The molecular weight excluding hydrogens is 484 g/mol. The topological polar surface area (TPSA) is 209 Å². The Morgan fingerprint density at radius 1 is 0.889 bits per heavy atom. The van der Waals surface area contributed by atoms with Gasteiger partial charge in [-0.25, -0.2) is 0 Å². The van der Waals surface area contributed by atoms with Crippen molar-refractivity contribution in [2.24, 2.45) is 0 Å². The van der Waals surface area contributed by atoms with Crippen molar-refractivity contribution in [1.29, 1.82) is 0 Å². The van der Waals surface area contributed by atoms with E-state index in [1.54, 1.807) is 0 Å². The number of ether oxygens (including phenoxy) is 4. The van der Waals surface area contributed by atoms with Gasteiger partial charge in [-0.3, -0.25) is 4.79 Å². The van der Waals surface area contributed by atoms with Crippen LogP contribution < -0.4 is 19.6 Å². The van der Waals surface area contributed by atoms with Gasteiger partial charge in [0.2, 0.25) is 23.2 Å². The minimum Gasteiger partial charge on any atom is -0.507 e. The molecule has 2 aromatic carbocycles. The predicted octanol–water partition coefficient (Wildman–Crippen LogP) is -0.227. The summed E-state index contributed by atoms with van der Waals surface area (Å²) >= 11 is 0. The lowest BCUT2D eigenvalue weighted by Gasteiger charge is -2.39. The summed E-state index contributed by atoms with van der Waals surface area (Å²) in [5, 5.41) is 70.1. The monoisotopic (exact) mass is 508 g/mol. The number of phenolic OH excluding ortho intramolecular Hbond substituents is 3. The van der Waals surface area contributed by atoms with Crippen molar-refractivity contribution in [3.05, 3.63) is 34.5 Å². The Morgan fingerprint density at radius 3 is 2.25 bits per heavy atom. The summed E-state index contributed by atoms with van der Waals surface area (Å²) in [6, 6.07) is 4.75. The number of aliphatic hydroxyl groups is 4. The third-order valence-electron chi connectivity index (χ3n) is 5.77. The molecule has 3 aromatic rings. The molecule has 4 rings (SSSR count). The average molecular weight is 508 g/mol. The molecule has 0 bridgehead atoms. The zero-order chi connectivity index (χ0) is 26.3. The van der Waals surface area contributed by atoms with Crippen molar-refractivity contribution in [3.8, 4) is 45.8 Å². The Balaban J connectivity index is 1.98. The fraction of sp³-hybridized carbons (Fsp3) is 0.348. The van der Waals surface area contributed by atoms with Gasteiger partial charge in [-0.2, -0.15) is 0 Å². The van der Waals surface area contributed by atoms with E-state index < -0.39 is 65.4 Å². The first-order chi connectivity index (χ1) is 17.1. The Bertz CT molecular complexity index is 1330. The van der Waals surface area contributed by atoms with Gasteiger partial charge in [0.15, 0.2) is 28.6 Å². The highest BCUT2D eigenvalue weighted by Crippen LogP contribution is 2.44. The number of hydrogen-bond acceptors (Lipinski definition) is 13. The summed E-state index contributed by atoms with van der Waals surface area (Å²) in [7, 11) is 2.49. The highest BCUT2D eigenvalue weighted by atomic mass is 16.7. The fourth-order valence-electron chi connectivity index (χ4n) is 3.89. The van der Waals surface area contributed by atoms with Crippen LogP contribution in [0.4, 0.5) is 0 Å². The van der Waals surface area contributed by atoms with Gasteiger partial charge in [0, 0.05) is 11.6 Å². The van der Waals surface area contributed by atoms with Crippen LogP contribution in [0.5, 0.6) is 34.5 Å². The van der Waals surface area contributed by atoms with E-state index in [0.717, 1.165) is 6.07 Å². The first-order valence-electron chi connectivity index (χ1n) is 10.6. The molecule has 36 heavy (non-hydrogen) atoms. The molecule has 0 unspecified atom stereocenters. The summed E-state index contributed by atoms with van der Waals surface area (Å²) in [5.41, 5.74) is -1.21. The van der Waals surface area contributed by atoms with Gasteiger partial charge >= 0.3 is 0 Å². The van der Waals surface area contributed by atoms with Crippen LogP contribution >= 0.6 is 0 Å². The SMILES string of the molecule is COc1cc(-c2oc3c(OC)c(O)cc(O)c3c(=O)c2O[C@@H]2O[C@@H](CO)[C@H](O)[C@H](O)[C@@H]2O)ccc1O. The number of methoxy groups -OCH3 is 2. The van der Waals surface area contributed by atoms with Crippen molar-refractivity contribution < 1.29 is 59.1 Å². The molecule has 0 aliphatic carbocycles. The third kappa shape index (κ3) is 4.12. The van der Waals surface area contributed by atoms with Gasteiger partial charge in [0.1, 0.15) is 35.6 Å². The van der Waals surface area contributed by atoms with Gasteiger partial charge in [-0.05, 0) is 18.2 Å². The minimum atomic E-state index is -1.86. The molecule has 1 saturated heterocycles. The molecule has 0 saturated carbocycles. The van der Waals surface area contributed by atoms with E-state index >= 15 is 0 Å². The minimum absolute atomic E-state index is 0.000225. The molecule has 13 heteroatoms. The number of aromatic hydroxyl groups is 3. The second-order valence-electron chi connectivity index (χ2n) is 7.94. The molecule has 1 aliphatic rings. The Hall–Kier alpha value is -3.75. The van der Waals surface area contributed by atoms with E-state index in [2.05, 4.69) is 0 Å². The number of rotatable bonds is 6. The molecule has 194 valence electrons. The van der Waals surface area contributed by atoms with E-state index in [1.165, 1.54) is 32.4 Å². The Morgan fingerprint density at radius 2 is 1.61 bits per heavy atom. The van der Waals surface area contributed by atoms with E-state index in [-0.39, 0.29) is 34.2 Å². The molecule has 0 spiro atoms. The maximum atomic E-state index is 13.6. The van der Waals surface area contributed by atoms with Crippen LogP contribution in [-0.4, -0.2) is 87.3 Å². The largest absolute Gasteiger partial charge is 0.507 e. The normalized spacial score (nSPS) is 24.0. The van der Waals surface area contributed by atoms with Crippen molar-refractivity contribution in [3.63, 3.8) is 0 Å². The van der Waals surface area contributed by atoms with E-state index in [4.69, 9.17) is 23.4 Å². The first kappa shape index (κ1) is 25.3. The molecule has 5 atom stereocenters. The summed E-state index contributed by atoms with van der Waals surface area (Å²) < 4.78 is 27.1. The van der Waals surface area contributed by atoms with E-state index in [1.807, 2.05) is 0 Å². The second-order valence-corrected chi connectivity index (χ2v) is 7.94. The number of benzene rings is 2. The molecule has 2 heterocycles. The van der Waals surface area contributed by atoms with Crippen molar-refractivity contribution >= 4 is 11.0 Å². The quantitative estimate of drug-likeness (QED) is 0.230. The maximum Gasteiger partial charge on any atom is 0.239 e. The number of phenols is 3. The summed E-state index contributed by atoms with van der Waals surface area (Å²) in [6.07, 6.45) is -8.42. The molecule has 7 N–H and O–H groups in total. The molecule has 13 nitrogen and oxygen atoms in total. The summed E-state index contributed by atoms with van der Waals surface area (Å²) in [4.78, 5) is 13.6. The van der Waals surface area contributed by atoms with Crippen molar-refractivity contribution in [1.82, 2.24) is 0 Å². The third-order valence-corrected chi connectivity index (χ3v) is 5.77. The Kier molecular flexibility index (Phi) is 6.84. The maximum absolute atomic E-state index is 13.6. The zero-order valence-corrected chi connectivity index (χ0v) is 19.0. The fourth-order valence-corrected chi connectivity index (χ4v) is 3.89. The summed E-state index contributed by atoms with van der Waals surface area (Å²) in [6.45, 7) is -0.740. The van der Waals surface area contributed by atoms with Crippen LogP contribution in [0.15, 0.2) is 33.5 Å². The van der Waals surface area contributed by atoms with E-state index in [0.29, 0.717) is 0 Å². The lowest BCUT2D eigenvalue weighted by molar-refractivity contribution is -0.277. The molecular formula is C23H24O13.